The van der Waals surface area contributed by atoms with E-state index in [0.717, 1.165) is 0 Å². The molecule has 0 fully saturated rings. The summed E-state index contributed by atoms with van der Waals surface area (Å²) in [6, 6.07) is 1.56. The molecule has 2 rings (SSSR count). The van der Waals surface area contributed by atoms with E-state index >= 15 is 0 Å². The Kier molecular flexibility index (Phi) is 3.96. The molecular weight excluding hydrogens is 262 g/mol. The molecule has 0 aromatic carbocycles. The van der Waals surface area contributed by atoms with E-state index in [1.807, 2.05) is 0 Å². The van der Waals surface area contributed by atoms with Crippen LogP contribution in [0.5, 0.6) is 0 Å². The first kappa shape index (κ1) is 13.5. The molecular formula is C13H11N3O4. The normalized spacial score (nSPS) is 9.85. The van der Waals surface area contributed by atoms with E-state index in [1.165, 1.54) is 12.4 Å². The lowest BCUT2D eigenvalue weighted by Crippen LogP contribution is -2.01. The highest BCUT2D eigenvalue weighted by Crippen LogP contribution is 2.23. The van der Waals surface area contributed by atoms with Crippen LogP contribution in [0.2, 0.25) is 0 Å². The minimum Gasteiger partial charge on any atom is -0.465 e. The van der Waals surface area contributed by atoms with Crippen molar-refractivity contribution in [2.45, 2.75) is 13.3 Å². The van der Waals surface area contributed by atoms with Crippen LogP contribution in [0.3, 0.4) is 0 Å². The van der Waals surface area contributed by atoms with Gasteiger partial charge in [-0.15, -0.1) is 0 Å². The van der Waals surface area contributed by atoms with Crippen LogP contribution in [-0.2, 0) is 9.53 Å². The van der Waals surface area contributed by atoms with Gasteiger partial charge in [-0.25, -0.2) is 4.98 Å². The van der Waals surface area contributed by atoms with Crippen LogP contribution in [0.15, 0.2) is 18.5 Å². The number of nitrogens with zero attached hydrogens (tertiary/aromatic N) is 2. The molecule has 7 heteroatoms. The number of ether oxygens (including phenoxy) is 1. The third-order valence-electron chi connectivity index (χ3n) is 2.48. The van der Waals surface area contributed by atoms with Crippen molar-refractivity contribution in [2.24, 2.45) is 0 Å². The summed E-state index contributed by atoms with van der Waals surface area (Å²) in [5.74, 6) is 4.98. The van der Waals surface area contributed by atoms with Crippen molar-refractivity contribution < 1.29 is 14.5 Å². The van der Waals surface area contributed by atoms with Crippen molar-refractivity contribution in [2.75, 3.05) is 6.61 Å². The zero-order valence-corrected chi connectivity index (χ0v) is 10.7. The van der Waals surface area contributed by atoms with Gasteiger partial charge in [0, 0.05) is 11.8 Å². The second kappa shape index (κ2) is 5.84. The van der Waals surface area contributed by atoms with Crippen molar-refractivity contribution in [3.05, 3.63) is 34.1 Å². The monoisotopic (exact) mass is 273 g/mol. The highest BCUT2D eigenvalue weighted by molar-refractivity contribution is 5.87. The topological polar surface area (TPSA) is 98.1 Å². The van der Waals surface area contributed by atoms with Gasteiger partial charge in [-0.05, 0) is 13.0 Å². The molecule has 20 heavy (non-hydrogen) atoms. The molecule has 0 bridgehead atoms. The molecule has 2 aromatic rings. The first-order valence-electron chi connectivity index (χ1n) is 5.88. The van der Waals surface area contributed by atoms with Gasteiger partial charge in [0.15, 0.2) is 0 Å². The Morgan fingerprint density at radius 1 is 1.60 bits per heavy atom. The fraction of sp³-hybridized carbons (Fsp3) is 0.231. The zero-order chi connectivity index (χ0) is 14.5. The second-order valence-corrected chi connectivity index (χ2v) is 3.83. The van der Waals surface area contributed by atoms with Gasteiger partial charge in [0.25, 0.3) is 5.69 Å². The van der Waals surface area contributed by atoms with Crippen molar-refractivity contribution in [1.82, 2.24) is 9.97 Å². The highest BCUT2D eigenvalue weighted by atomic mass is 16.6. The maximum absolute atomic E-state index is 11.1. The maximum Gasteiger partial charge on any atom is 0.317 e. The molecule has 1 N–H and O–H groups in total. The average molecular weight is 273 g/mol. The lowest BCUT2D eigenvalue weighted by molar-refractivity contribution is -0.383. The molecule has 0 unspecified atom stereocenters. The van der Waals surface area contributed by atoms with Gasteiger partial charge in [0.05, 0.1) is 23.1 Å². The summed E-state index contributed by atoms with van der Waals surface area (Å²) in [5, 5.41) is 11.2. The minimum atomic E-state index is -0.490. The molecule has 0 aliphatic heterocycles. The third-order valence-corrected chi connectivity index (χ3v) is 2.48. The zero-order valence-electron chi connectivity index (χ0n) is 10.7. The molecule has 0 saturated heterocycles. The number of nitro groups is 1. The fourth-order valence-corrected chi connectivity index (χ4v) is 1.64. The summed E-state index contributed by atoms with van der Waals surface area (Å²) in [7, 11) is 0. The van der Waals surface area contributed by atoms with Gasteiger partial charge in [-0.3, -0.25) is 14.9 Å². The smallest absolute Gasteiger partial charge is 0.317 e. The number of aromatic amines is 1. The number of hydrogen-bond donors (Lipinski definition) is 1. The van der Waals surface area contributed by atoms with Crippen LogP contribution in [-0.4, -0.2) is 27.5 Å². The summed E-state index contributed by atoms with van der Waals surface area (Å²) < 4.78 is 4.74. The molecule has 0 aliphatic carbocycles. The molecule has 7 nitrogen and oxygen atoms in total. The Hall–Kier alpha value is -2.88. The Bertz CT molecular complexity index is 724. The molecule has 0 amide bonds. The van der Waals surface area contributed by atoms with Gasteiger partial charge < -0.3 is 9.72 Å². The fourth-order valence-electron chi connectivity index (χ4n) is 1.64. The van der Waals surface area contributed by atoms with E-state index in [4.69, 9.17) is 4.74 Å². The molecule has 102 valence electrons. The van der Waals surface area contributed by atoms with E-state index in [9.17, 15) is 14.9 Å². The van der Waals surface area contributed by atoms with Crippen molar-refractivity contribution >= 4 is 22.7 Å². The predicted octanol–water partition coefficient (Wildman–Crippen LogP) is 1.78. The Labute approximate surface area is 114 Å². The van der Waals surface area contributed by atoms with Gasteiger partial charge >= 0.3 is 5.97 Å². The predicted molar refractivity (Wildman–Crippen MR) is 70.9 cm³/mol. The first-order valence-corrected chi connectivity index (χ1v) is 5.88. The number of rotatable bonds is 3. The third kappa shape index (κ3) is 2.92. The van der Waals surface area contributed by atoms with Crippen molar-refractivity contribution in [1.29, 1.82) is 0 Å². The Morgan fingerprint density at radius 2 is 2.40 bits per heavy atom. The summed E-state index contributed by atoms with van der Waals surface area (Å²) in [5.41, 5.74) is 0.874. The highest BCUT2D eigenvalue weighted by Gasteiger charge is 2.14. The lowest BCUT2D eigenvalue weighted by Gasteiger charge is -1.95. The Balaban J connectivity index is 2.23. The molecule has 2 aromatic heterocycles. The number of H-pyrrole nitrogens is 1. The number of hydrogen-bond acceptors (Lipinski definition) is 5. The standard InChI is InChI=1S/C13H11N3O4/c1-2-20-12(17)5-3-4-9-6-10-11(16(18)19)8-15-13(10)14-7-9/h6-8H,2,5H2,1H3,(H,14,15). The van der Waals surface area contributed by atoms with E-state index < -0.39 is 10.9 Å². The van der Waals surface area contributed by atoms with E-state index in [-0.39, 0.29) is 12.1 Å². The van der Waals surface area contributed by atoms with E-state index in [1.54, 1.807) is 13.0 Å². The number of pyridine rings is 1. The largest absolute Gasteiger partial charge is 0.465 e. The van der Waals surface area contributed by atoms with E-state index in [0.29, 0.717) is 23.2 Å². The quantitative estimate of drug-likeness (QED) is 0.398. The van der Waals surface area contributed by atoms with E-state index in [2.05, 4.69) is 21.8 Å². The maximum atomic E-state index is 11.1. The molecule has 0 saturated carbocycles. The van der Waals surface area contributed by atoms with Gasteiger partial charge in [0.2, 0.25) is 0 Å². The van der Waals surface area contributed by atoms with Gasteiger partial charge in [0.1, 0.15) is 12.1 Å². The van der Waals surface area contributed by atoms with Crippen LogP contribution in [0.4, 0.5) is 5.69 Å². The molecule has 0 radical (unpaired) electrons. The molecule has 0 aliphatic rings. The summed E-state index contributed by atoms with van der Waals surface area (Å²) in [4.78, 5) is 28.2. The minimum absolute atomic E-state index is 0.0267. The van der Waals surface area contributed by atoms with Crippen molar-refractivity contribution in [3.8, 4) is 11.8 Å². The average Bonchev–Trinajstić information content (AvgIpc) is 2.82. The number of aromatic nitrogens is 2. The molecule has 2 heterocycles. The number of fused-ring (bicyclic) bond motifs is 1. The molecule has 0 spiro atoms. The first-order chi connectivity index (χ1) is 9.61. The van der Waals surface area contributed by atoms with Crippen molar-refractivity contribution in [3.63, 3.8) is 0 Å². The van der Waals surface area contributed by atoms with Crippen LogP contribution in [0.25, 0.3) is 11.0 Å². The second-order valence-electron chi connectivity index (χ2n) is 3.83. The van der Waals surface area contributed by atoms with Gasteiger partial charge in [-0.1, -0.05) is 11.8 Å². The van der Waals surface area contributed by atoms with Gasteiger partial charge in [-0.2, -0.15) is 0 Å². The van der Waals surface area contributed by atoms with Crippen LogP contribution in [0, 0.1) is 22.0 Å². The summed E-state index contributed by atoms with van der Waals surface area (Å²) in [6.07, 6.45) is 2.75. The molecule has 0 atom stereocenters. The van der Waals surface area contributed by atoms with Crippen LogP contribution in [0.1, 0.15) is 18.9 Å². The summed E-state index contributed by atoms with van der Waals surface area (Å²) in [6.45, 7) is 2.03. The Morgan fingerprint density at radius 3 is 3.10 bits per heavy atom. The van der Waals surface area contributed by atoms with Crippen LogP contribution >= 0.6 is 0 Å². The SMILES string of the molecule is CCOC(=O)CC#Cc1cnc2[nH]cc([N+](=O)[O-])c2c1. The number of carbonyl (C=O) groups excluding carboxylic acids is 1. The lowest BCUT2D eigenvalue weighted by atomic mass is 10.2. The number of nitrogens with one attached hydrogen (secondary N) is 1. The number of esters is 1. The number of carbonyl (C=O) groups is 1. The van der Waals surface area contributed by atoms with Crippen LogP contribution < -0.4 is 0 Å². The summed E-state index contributed by atoms with van der Waals surface area (Å²) >= 11 is 0.